The summed E-state index contributed by atoms with van der Waals surface area (Å²) in [4.78, 5) is 20.1. The Morgan fingerprint density at radius 2 is 1.97 bits per heavy atom. The summed E-state index contributed by atoms with van der Waals surface area (Å²) in [5.74, 6) is -1.23. The lowest BCUT2D eigenvalue weighted by Crippen LogP contribution is -2.36. The van der Waals surface area contributed by atoms with Crippen LogP contribution in [0.4, 0.5) is 8.78 Å². The highest BCUT2D eigenvalue weighted by molar-refractivity contribution is 7.10. The molecule has 0 aliphatic carbocycles. The van der Waals surface area contributed by atoms with Gasteiger partial charge in [0.2, 0.25) is 5.91 Å². The molecule has 1 saturated heterocycles. The molecule has 8 heteroatoms. The Labute approximate surface area is 177 Å². The number of aromatic nitrogens is 1. The molecule has 1 atom stereocenters. The largest absolute Gasteiger partial charge is 0.441 e. The van der Waals surface area contributed by atoms with Crippen LogP contribution in [0.15, 0.2) is 46.3 Å². The minimum Gasteiger partial charge on any atom is -0.441 e. The predicted octanol–water partition coefficient (Wildman–Crippen LogP) is 4.57. The Balaban J connectivity index is 1.32. The van der Waals surface area contributed by atoms with Gasteiger partial charge in [0.1, 0.15) is 11.6 Å². The van der Waals surface area contributed by atoms with Gasteiger partial charge in [-0.05, 0) is 49.5 Å². The van der Waals surface area contributed by atoms with Crippen LogP contribution in [0, 0.1) is 11.6 Å². The smallest absolute Gasteiger partial charge is 0.220 e. The van der Waals surface area contributed by atoms with Gasteiger partial charge in [-0.15, -0.1) is 11.3 Å². The first-order chi connectivity index (χ1) is 14.6. The van der Waals surface area contributed by atoms with E-state index >= 15 is 0 Å². The highest BCUT2D eigenvalue weighted by Crippen LogP contribution is 2.28. The fourth-order valence-corrected chi connectivity index (χ4v) is 4.60. The van der Waals surface area contributed by atoms with Gasteiger partial charge in [0.25, 0.3) is 0 Å². The number of hydrogen-bond acceptors (Lipinski definition) is 5. The van der Waals surface area contributed by atoms with Gasteiger partial charge in [0.15, 0.2) is 11.7 Å². The number of oxazole rings is 1. The molecule has 1 aromatic carbocycles. The molecule has 3 heterocycles. The first kappa shape index (κ1) is 20.7. The zero-order valence-corrected chi connectivity index (χ0v) is 17.3. The van der Waals surface area contributed by atoms with Crippen LogP contribution in [0.2, 0.25) is 0 Å². The lowest BCUT2D eigenvalue weighted by molar-refractivity contribution is -0.121. The molecule has 4 rings (SSSR count). The highest BCUT2D eigenvalue weighted by Gasteiger charge is 2.24. The molecule has 158 valence electrons. The van der Waals surface area contributed by atoms with Crippen LogP contribution in [0.5, 0.6) is 0 Å². The summed E-state index contributed by atoms with van der Waals surface area (Å²) in [5.41, 5.74) is -0.245. The molecular weight excluding hydrogens is 408 g/mol. The third kappa shape index (κ3) is 4.76. The molecule has 3 aromatic rings. The van der Waals surface area contributed by atoms with E-state index in [1.165, 1.54) is 42.1 Å². The standard InChI is InChI=1S/C22H23F2N3O2S/c23-15-5-3-6-16(24)22(15)18-14-26-21(29-18)9-8-20(28)25-13-17(19-7-4-12-30-19)27-10-1-2-11-27/h3-7,12,14,17H,1-2,8-11,13H2,(H,25,28)/t17-/m0/s1. The average Bonchev–Trinajstić information content (AvgIpc) is 3.50. The molecule has 1 aliphatic heterocycles. The number of carbonyl (C=O) groups excluding carboxylic acids is 1. The van der Waals surface area contributed by atoms with Gasteiger partial charge in [-0.25, -0.2) is 13.8 Å². The van der Waals surface area contributed by atoms with Crippen LogP contribution in [-0.2, 0) is 11.2 Å². The number of likely N-dealkylation sites (tertiary alicyclic amines) is 1. The minimum atomic E-state index is -0.711. The van der Waals surface area contributed by atoms with Crippen molar-refractivity contribution in [1.29, 1.82) is 0 Å². The number of rotatable bonds is 8. The lowest BCUT2D eigenvalue weighted by Gasteiger charge is -2.26. The maximum atomic E-state index is 13.9. The van der Waals surface area contributed by atoms with Crippen molar-refractivity contribution in [3.05, 3.63) is 64.3 Å². The first-order valence-electron chi connectivity index (χ1n) is 10.0. The number of aryl methyl sites for hydroxylation is 1. The number of thiophene rings is 1. The predicted molar refractivity (Wildman–Crippen MR) is 111 cm³/mol. The lowest BCUT2D eigenvalue weighted by atomic mass is 10.1. The van der Waals surface area contributed by atoms with Crippen LogP contribution in [-0.4, -0.2) is 35.4 Å². The van der Waals surface area contributed by atoms with Crippen molar-refractivity contribution in [2.24, 2.45) is 0 Å². The van der Waals surface area contributed by atoms with Crippen molar-refractivity contribution in [1.82, 2.24) is 15.2 Å². The Morgan fingerprint density at radius 1 is 1.20 bits per heavy atom. The molecular formula is C22H23F2N3O2S. The number of halogens is 2. The monoisotopic (exact) mass is 431 g/mol. The maximum absolute atomic E-state index is 13.9. The molecule has 30 heavy (non-hydrogen) atoms. The third-order valence-electron chi connectivity index (χ3n) is 5.27. The zero-order chi connectivity index (χ0) is 20.9. The van der Waals surface area contributed by atoms with E-state index in [0.29, 0.717) is 6.54 Å². The number of nitrogens with zero attached hydrogens (tertiary/aromatic N) is 2. The number of carbonyl (C=O) groups is 1. The summed E-state index contributed by atoms with van der Waals surface area (Å²) >= 11 is 1.70. The van der Waals surface area contributed by atoms with Crippen molar-refractivity contribution in [3.63, 3.8) is 0 Å². The topological polar surface area (TPSA) is 58.4 Å². The SMILES string of the molecule is O=C(CCc1ncc(-c2c(F)cccc2F)o1)NC[C@@H](c1cccs1)N1CCCC1. The molecule has 1 fully saturated rings. The van der Waals surface area contributed by atoms with Crippen LogP contribution in [0.25, 0.3) is 11.3 Å². The number of benzene rings is 1. The van der Waals surface area contributed by atoms with E-state index in [2.05, 4.69) is 26.6 Å². The van der Waals surface area contributed by atoms with E-state index in [1.807, 2.05) is 6.07 Å². The van der Waals surface area contributed by atoms with Crippen LogP contribution < -0.4 is 5.32 Å². The van der Waals surface area contributed by atoms with Gasteiger partial charge < -0.3 is 9.73 Å². The second-order valence-corrected chi connectivity index (χ2v) is 8.27. The summed E-state index contributed by atoms with van der Waals surface area (Å²) in [6.07, 6.45) is 4.11. The normalized spacial score (nSPS) is 15.4. The summed E-state index contributed by atoms with van der Waals surface area (Å²) in [5, 5.41) is 5.07. The zero-order valence-electron chi connectivity index (χ0n) is 16.4. The van der Waals surface area contributed by atoms with Crippen molar-refractivity contribution in [2.45, 2.75) is 31.7 Å². The molecule has 0 radical (unpaired) electrons. The van der Waals surface area contributed by atoms with Gasteiger partial charge in [-0.1, -0.05) is 12.1 Å². The molecule has 0 spiro atoms. The Hall–Kier alpha value is -2.58. The Bertz CT molecular complexity index is 964. The molecule has 1 amide bonds. The van der Waals surface area contributed by atoms with Crippen LogP contribution >= 0.6 is 11.3 Å². The quantitative estimate of drug-likeness (QED) is 0.568. The van der Waals surface area contributed by atoms with E-state index in [9.17, 15) is 13.6 Å². The summed E-state index contributed by atoms with van der Waals surface area (Å²) in [6.45, 7) is 2.64. The van der Waals surface area contributed by atoms with E-state index in [4.69, 9.17) is 4.42 Å². The molecule has 2 aromatic heterocycles. The van der Waals surface area contributed by atoms with Crippen LogP contribution in [0.1, 0.15) is 36.1 Å². The fraction of sp³-hybridized carbons (Fsp3) is 0.364. The van der Waals surface area contributed by atoms with Gasteiger partial charge >= 0.3 is 0 Å². The van der Waals surface area contributed by atoms with Gasteiger partial charge in [-0.2, -0.15) is 0 Å². The Morgan fingerprint density at radius 3 is 2.67 bits per heavy atom. The second kappa shape index (κ2) is 9.49. The molecule has 1 N–H and O–H groups in total. The number of hydrogen-bond donors (Lipinski definition) is 1. The molecule has 5 nitrogen and oxygen atoms in total. The molecule has 1 aliphatic rings. The molecule has 0 unspecified atom stereocenters. The van der Waals surface area contributed by atoms with Gasteiger partial charge in [0.05, 0.1) is 17.8 Å². The van der Waals surface area contributed by atoms with Crippen molar-refractivity contribution in [2.75, 3.05) is 19.6 Å². The van der Waals surface area contributed by atoms with Crippen molar-refractivity contribution >= 4 is 17.2 Å². The van der Waals surface area contributed by atoms with E-state index in [0.717, 1.165) is 13.1 Å². The summed E-state index contributed by atoms with van der Waals surface area (Å²) in [6, 6.07) is 7.95. The first-order valence-corrected chi connectivity index (χ1v) is 10.9. The van der Waals surface area contributed by atoms with Crippen molar-refractivity contribution < 1.29 is 18.0 Å². The summed E-state index contributed by atoms with van der Waals surface area (Å²) < 4.78 is 33.2. The van der Waals surface area contributed by atoms with Gasteiger partial charge in [0, 0.05) is 24.3 Å². The molecule has 0 bridgehead atoms. The number of nitrogens with one attached hydrogen (secondary N) is 1. The fourth-order valence-electron chi connectivity index (χ4n) is 3.74. The second-order valence-electron chi connectivity index (χ2n) is 7.29. The van der Waals surface area contributed by atoms with Gasteiger partial charge in [-0.3, -0.25) is 9.69 Å². The summed E-state index contributed by atoms with van der Waals surface area (Å²) in [7, 11) is 0. The minimum absolute atomic E-state index is 0.0211. The van der Waals surface area contributed by atoms with Crippen molar-refractivity contribution in [3.8, 4) is 11.3 Å². The van der Waals surface area contributed by atoms with Crippen LogP contribution in [0.3, 0.4) is 0 Å². The highest BCUT2D eigenvalue weighted by atomic mass is 32.1. The number of amides is 1. The van der Waals surface area contributed by atoms with E-state index < -0.39 is 11.6 Å². The average molecular weight is 432 g/mol. The molecule has 0 saturated carbocycles. The van der Waals surface area contributed by atoms with E-state index in [-0.39, 0.29) is 42.0 Å². The third-order valence-corrected chi connectivity index (χ3v) is 6.25. The van der Waals surface area contributed by atoms with E-state index in [1.54, 1.807) is 11.3 Å². The Kier molecular flexibility index (Phi) is 6.54. The maximum Gasteiger partial charge on any atom is 0.220 e.